The molecule has 0 amide bonds. The van der Waals surface area contributed by atoms with Gasteiger partial charge < -0.3 is 4.74 Å². The Morgan fingerprint density at radius 3 is 2.42 bits per heavy atom. The maximum absolute atomic E-state index is 9.85. The lowest BCUT2D eigenvalue weighted by Crippen LogP contribution is -1.96. The van der Waals surface area contributed by atoms with Crippen LogP contribution in [0.3, 0.4) is 0 Å². The van der Waals surface area contributed by atoms with E-state index >= 15 is 0 Å². The van der Waals surface area contributed by atoms with Gasteiger partial charge in [-0.15, -0.1) is 0 Å². The molecule has 19 heavy (non-hydrogen) atoms. The maximum atomic E-state index is 9.85. The number of allylic oxidation sites excluding steroid dienone is 2. The Morgan fingerprint density at radius 2 is 1.84 bits per heavy atom. The zero-order chi connectivity index (χ0) is 14.2. The van der Waals surface area contributed by atoms with Gasteiger partial charge in [-0.25, -0.2) is 0 Å². The highest BCUT2D eigenvalue weighted by Crippen LogP contribution is 2.06. The monoisotopic (exact) mass is 262 g/mol. The lowest BCUT2D eigenvalue weighted by molar-refractivity contribution is -0.109. The van der Waals surface area contributed by atoms with Crippen molar-refractivity contribution < 1.29 is 14.3 Å². The number of benzene rings is 1. The fraction of sp³-hybridized carbons (Fsp3) is 0.375. The molecular weight excluding hydrogens is 240 g/mol. The average Bonchev–Trinajstić information content (AvgIpc) is 2.47. The van der Waals surface area contributed by atoms with Crippen molar-refractivity contribution >= 4 is 12.6 Å². The smallest absolute Gasteiger partial charge is 0.157 e. The first kappa shape index (κ1) is 17.1. The fourth-order valence-corrected chi connectivity index (χ4v) is 1.31. The van der Waals surface area contributed by atoms with Gasteiger partial charge in [0.2, 0.25) is 0 Å². The van der Waals surface area contributed by atoms with Crippen LogP contribution in [0.2, 0.25) is 0 Å². The van der Waals surface area contributed by atoms with Crippen molar-refractivity contribution in [2.75, 3.05) is 6.61 Å². The summed E-state index contributed by atoms with van der Waals surface area (Å²) in [7, 11) is 0. The third-order valence-corrected chi connectivity index (χ3v) is 2.25. The summed E-state index contributed by atoms with van der Waals surface area (Å²) in [5.74, 6) is 0.731. The predicted octanol–water partition coefficient (Wildman–Crippen LogP) is 3.59. The third-order valence-electron chi connectivity index (χ3n) is 2.25. The van der Waals surface area contributed by atoms with Crippen LogP contribution >= 0.6 is 0 Å². The Morgan fingerprint density at radius 1 is 1.11 bits per heavy atom. The minimum Gasteiger partial charge on any atom is -0.486 e. The van der Waals surface area contributed by atoms with Gasteiger partial charge >= 0.3 is 0 Å². The molecule has 0 saturated heterocycles. The van der Waals surface area contributed by atoms with Gasteiger partial charge in [-0.05, 0) is 31.1 Å². The molecule has 0 aliphatic rings. The third kappa shape index (κ3) is 12.3. The van der Waals surface area contributed by atoms with E-state index in [4.69, 9.17) is 4.74 Å². The number of unbranched alkanes of at least 4 members (excludes halogenated alkanes) is 3. The Balaban J connectivity index is 0.000000344. The minimum absolute atomic E-state index is 0.129. The Bertz CT molecular complexity index is 344. The molecule has 3 nitrogen and oxygen atoms in total. The second-order valence-corrected chi connectivity index (χ2v) is 3.85. The van der Waals surface area contributed by atoms with E-state index in [9.17, 15) is 9.59 Å². The molecule has 104 valence electrons. The summed E-state index contributed by atoms with van der Waals surface area (Å²) in [6.07, 6.45) is 9.81. The van der Waals surface area contributed by atoms with Gasteiger partial charge in [-0.1, -0.05) is 44.0 Å². The molecule has 0 atom stereocenters. The van der Waals surface area contributed by atoms with Crippen molar-refractivity contribution in [2.24, 2.45) is 0 Å². The van der Waals surface area contributed by atoms with Gasteiger partial charge in [0.05, 0.1) is 0 Å². The predicted molar refractivity (Wildman–Crippen MR) is 77.3 cm³/mol. The Hall–Kier alpha value is -1.90. The maximum Gasteiger partial charge on any atom is 0.157 e. The molecule has 0 fully saturated rings. The summed E-state index contributed by atoms with van der Waals surface area (Å²) < 4.78 is 4.99. The van der Waals surface area contributed by atoms with Gasteiger partial charge in [0.25, 0.3) is 0 Å². The molecular formula is C16H22O3. The minimum atomic E-state index is 0.129. The SMILES string of the molecule is CCCCCC=CC=O.O=CCOc1ccccc1. The molecule has 0 unspecified atom stereocenters. The Kier molecular flexibility index (Phi) is 12.7. The largest absolute Gasteiger partial charge is 0.486 e. The van der Waals surface area contributed by atoms with E-state index < -0.39 is 0 Å². The molecule has 0 radical (unpaired) electrons. The summed E-state index contributed by atoms with van der Waals surface area (Å²) >= 11 is 0. The summed E-state index contributed by atoms with van der Waals surface area (Å²) in [4.78, 5) is 19.6. The van der Waals surface area contributed by atoms with Gasteiger partial charge in [0.15, 0.2) is 6.29 Å². The quantitative estimate of drug-likeness (QED) is 0.408. The molecule has 0 aliphatic heterocycles. The molecule has 0 aromatic heterocycles. The highest BCUT2D eigenvalue weighted by Gasteiger charge is 1.86. The molecule has 0 bridgehead atoms. The van der Waals surface area contributed by atoms with Gasteiger partial charge in [0.1, 0.15) is 18.6 Å². The van der Waals surface area contributed by atoms with E-state index in [1.54, 1.807) is 6.08 Å². The van der Waals surface area contributed by atoms with E-state index in [2.05, 4.69) is 6.92 Å². The highest BCUT2D eigenvalue weighted by molar-refractivity contribution is 5.64. The number of carbonyl (C=O) groups excluding carboxylic acids is 2. The average molecular weight is 262 g/mol. The van der Waals surface area contributed by atoms with Crippen LogP contribution in [-0.2, 0) is 9.59 Å². The molecule has 0 heterocycles. The van der Waals surface area contributed by atoms with Gasteiger partial charge in [-0.3, -0.25) is 9.59 Å². The first-order valence-corrected chi connectivity index (χ1v) is 6.57. The number of hydrogen-bond donors (Lipinski definition) is 0. The lowest BCUT2D eigenvalue weighted by Gasteiger charge is -1.98. The van der Waals surface area contributed by atoms with Crippen molar-refractivity contribution in [3.8, 4) is 5.75 Å². The summed E-state index contributed by atoms with van der Waals surface area (Å²) in [6.45, 7) is 2.30. The molecule has 1 aromatic carbocycles. The zero-order valence-corrected chi connectivity index (χ0v) is 11.5. The first-order valence-electron chi connectivity index (χ1n) is 6.57. The fourth-order valence-electron chi connectivity index (χ4n) is 1.31. The van der Waals surface area contributed by atoms with Crippen LogP contribution < -0.4 is 4.74 Å². The van der Waals surface area contributed by atoms with Crippen LogP contribution in [0.5, 0.6) is 5.75 Å². The molecule has 0 aliphatic carbocycles. The van der Waals surface area contributed by atoms with Crippen molar-refractivity contribution in [2.45, 2.75) is 32.6 Å². The van der Waals surface area contributed by atoms with Crippen LogP contribution in [0.1, 0.15) is 32.6 Å². The van der Waals surface area contributed by atoms with Crippen LogP contribution in [0.25, 0.3) is 0 Å². The van der Waals surface area contributed by atoms with E-state index in [1.807, 2.05) is 36.4 Å². The van der Waals surface area contributed by atoms with E-state index in [1.165, 1.54) is 19.3 Å². The number of para-hydroxylation sites is 1. The molecule has 3 heteroatoms. The van der Waals surface area contributed by atoms with Gasteiger partial charge in [0, 0.05) is 0 Å². The van der Waals surface area contributed by atoms with E-state index in [0.29, 0.717) is 0 Å². The Labute approximate surface area is 115 Å². The van der Waals surface area contributed by atoms with Crippen LogP contribution in [-0.4, -0.2) is 19.2 Å². The normalized spacial score (nSPS) is 9.53. The standard InChI is InChI=1S/C8H8O2.C8H14O/c9-6-7-10-8-4-2-1-3-5-8;1-2-3-4-5-6-7-8-9/h1-6H,7H2;6-8H,2-5H2,1H3. The zero-order valence-electron chi connectivity index (χ0n) is 11.5. The van der Waals surface area contributed by atoms with Crippen LogP contribution in [0.15, 0.2) is 42.5 Å². The molecule has 1 aromatic rings. The summed E-state index contributed by atoms with van der Waals surface area (Å²) in [5, 5.41) is 0. The second-order valence-electron chi connectivity index (χ2n) is 3.85. The number of rotatable bonds is 8. The van der Waals surface area contributed by atoms with Crippen molar-refractivity contribution in [1.29, 1.82) is 0 Å². The first-order chi connectivity index (χ1) is 9.35. The van der Waals surface area contributed by atoms with Crippen LogP contribution in [0.4, 0.5) is 0 Å². The lowest BCUT2D eigenvalue weighted by atomic mass is 10.2. The highest BCUT2D eigenvalue weighted by atomic mass is 16.5. The summed E-state index contributed by atoms with van der Waals surface area (Å²) in [6, 6.07) is 9.24. The van der Waals surface area contributed by atoms with Crippen LogP contribution in [0, 0.1) is 0 Å². The molecule has 0 spiro atoms. The van der Waals surface area contributed by atoms with Crippen molar-refractivity contribution in [3.63, 3.8) is 0 Å². The van der Waals surface area contributed by atoms with Gasteiger partial charge in [-0.2, -0.15) is 0 Å². The van der Waals surface area contributed by atoms with Crippen molar-refractivity contribution in [3.05, 3.63) is 42.5 Å². The summed E-state index contributed by atoms with van der Waals surface area (Å²) in [5.41, 5.74) is 0. The molecule has 0 saturated carbocycles. The van der Waals surface area contributed by atoms with E-state index in [-0.39, 0.29) is 6.61 Å². The second kappa shape index (κ2) is 14.2. The topological polar surface area (TPSA) is 43.4 Å². The van der Waals surface area contributed by atoms with E-state index in [0.717, 1.165) is 24.7 Å². The molecule has 1 rings (SSSR count). The number of ether oxygens (including phenoxy) is 1. The number of aldehydes is 2. The molecule has 0 N–H and O–H groups in total. The number of carbonyl (C=O) groups is 2. The van der Waals surface area contributed by atoms with Crippen molar-refractivity contribution in [1.82, 2.24) is 0 Å². The number of hydrogen-bond acceptors (Lipinski definition) is 3.